The lowest BCUT2D eigenvalue weighted by atomic mass is 9.89. The second-order valence-electron chi connectivity index (χ2n) is 7.59. The van der Waals surface area contributed by atoms with Gasteiger partial charge in [0.1, 0.15) is 11.6 Å². The molecule has 4 nitrogen and oxygen atoms in total. The summed E-state index contributed by atoms with van der Waals surface area (Å²) in [5.74, 6) is 0.0492. The van der Waals surface area contributed by atoms with Gasteiger partial charge in [-0.1, -0.05) is 54.1 Å². The topological polar surface area (TPSA) is 53.3 Å². The van der Waals surface area contributed by atoms with Crippen molar-refractivity contribution in [2.24, 2.45) is 5.92 Å². The molecule has 1 aliphatic rings. The molecule has 2 aromatic carbocycles. The zero-order valence-electron chi connectivity index (χ0n) is 17.8. The van der Waals surface area contributed by atoms with Gasteiger partial charge in [-0.3, -0.25) is 0 Å². The summed E-state index contributed by atoms with van der Waals surface area (Å²) in [5, 5.41) is 10.0. The van der Waals surface area contributed by atoms with Crippen LogP contribution >= 0.6 is 11.6 Å². The fourth-order valence-electron chi connectivity index (χ4n) is 3.85. The quantitative estimate of drug-likeness (QED) is 0.244. The van der Waals surface area contributed by atoms with Crippen LogP contribution in [0.1, 0.15) is 30.9 Å². The first-order valence-corrected chi connectivity index (χ1v) is 11.0. The molecule has 0 N–H and O–H groups in total. The third-order valence-electron chi connectivity index (χ3n) is 5.49. The van der Waals surface area contributed by atoms with Crippen LogP contribution in [0.25, 0.3) is 5.70 Å². The van der Waals surface area contributed by atoms with Gasteiger partial charge in [-0.15, -0.1) is 0 Å². The molecule has 160 valence electrons. The minimum absolute atomic E-state index is 0.00715. The molecule has 0 radical (unpaired) electrons. The smallest absolute Gasteiger partial charge is 0.348 e. The Balaban J connectivity index is 1.78. The van der Waals surface area contributed by atoms with Gasteiger partial charge in [0.2, 0.25) is 0 Å². The molecule has 0 aliphatic carbocycles. The summed E-state index contributed by atoms with van der Waals surface area (Å²) in [5.41, 5.74) is 3.35. The molecule has 31 heavy (non-hydrogen) atoms. The van der Waals surface area contributed by atoms with E-state index in [1.54, 1.807) is 13.0 Å². The van der Waals surface area contributed by atoms with Crippen molar-refractivity contribution < 1.29 is 9.53 Å². The number of esters is 1. The van der Waals surface area contributed by atoms with Crippen LogP contribution in [0.15, 0.2) is 72.3 Å². The summed E-state index contributed by atoms with van der Waals surface area (Å²) < 4.78 is 4.97. The number of carbonyl (C=O) groups is 1. The Morgan fingerprint density at radius 2 is 1.81 bits per heavy atom. The Kier molecular flexibility index (Phi) is 8.32. The molecular formula is C26H27ClN2O2. The number of hydrogen-bond donors (Lipinski definition) is 0. The standard InChI is InChI=1S/C26H27ClN2O2/c1-2-31-26(30)23(19-28)10-13-25(22-8-11-24(27)12-9-22)29-16-14-21(15-17-29)18-20-6-4-3-5-7-20/h3-13,21H,2,14-18H2,1H3. The van der Waals surface area contributed by atoms with Crippen molar-refractivity contribution >= 4 is 23.3 Å². The summed E-state index contributed by atoms with van der Waals surface area (Å²) >= 11 is 6.08. The number of piperidine rings is 1. The summed E-state index contributed by atoms with van der Waals surface area (Å²) in [6, 6.07) is 20.2. The SMILES string of the molecule is CCOC(=O)C(C#N)=CC=C(c1ccc(Cl)cc1)N1CCC(Cc2ccccc2)CC1. The first-order chi connectivity index (χ1) is 15.1. The third-order valence-corrected chi connectivity index (χ3v) is 5.74. The van der Waals surface area contributed by atoms with Gasteiger partial charge in [0, 0.05) is 23.8 Å². The molecule has 5 heteroatoms. The normalized spacial score (nSPS) is 15.5. The molecule has 1 aliphatic heterocycles. The van der Waals surface area contributed by atoms with Crippen molar-refractivity contribution in [2.45, 2.75) is 26.2 Å². The second-order valence-corrected chi connectivity index (χ2v) is 8.03. The van der Waals surface area contributed by atoms with Crippen LogP contribution in [0.5, 0.6) is 0 Å². The molecular weight excluding hydrogens is 408 g/mol. The van der Waals surface area contributed by atoms with E-state index >= 15 is 0 Å². The Labute approximate surface area is 189 Å². The van der Waals surface area contributed by atoms with Crippen molar-refractivity contribution in [3.05, 3.63) is 88.5 Å². The van der Waals surface area contributed by atoms with Crippen molar-refractivity contribution in [1.29, 1.82) is 5.26 Å². The summed E-state index contributed by atoms with van der Waals surface area (Å²) in [6.45, 7) is 3.80. The fraction of sp³-hybridized carbons (Fsp3) is 0.308. The number of likely N-dealkylation sites (tertiary alicyclic amines) is 1. The monoisotopic (exact) mass is 434 g/mol. The number of carbonyl (C=O) groups excluding carboxylic acids is 1. The van der Waals surface area contributed by atoms with Crippen LogP contribution in [0, 0.1) is 17.2 Å². The van der Waals surface area contributed by atoms with Crippen molar-refractivity contribution in [3.63, 3.8) is 0 Å². The van der Waals surface area contributed by atoms with Crippen molar-refractivity contribution in [3.8, 4) is 6.07 Å². The van der Waals surface area contributed by atoms with Crippen LogP contribution in [-0.4, -0.2) is 30.6 Å². The average molecular weight is 435 g/mol. The van der Waals surface area contributed by atoms with Gasteiger partial charge in [-0.25, -0.2) is 4.79 Å². The molecule has 0 unspecified atom stereocenters. The minimum Gasteiger partial charge on any atom is -0.462 e. The van der Waals surface area contributed by atoms with Crippen molar-refractivity contribution in [1.82, 2.24) is 4.90 Å². The zero-order valence-corrected chi connectivity index (χ0v) is 18.5. The Morgan fingerprint density at radius 1 is 1.13 bits per heavy atom. The second kappa shape index (κ2) is 11.4. The lowest BCUT2D eigenvalue weighted by molar-refractivity contribution is -0.138. The Bertz CT molecular complexity index is 967. The predicted molar refractivity (Wildman–Crippen MR) is 124 cm³/mol. The van der Waals surface area contributed by atoms with E-state index in [2.05, 4.69) is 35.2 Å². The van der Waals surface area contributed by atoms with Gasteiger partial charge in [-0.2, -0.15) is 5.26 Å². The van der Waals surface area contributed by atoms with Crippen LogP contribution in [0.2, 0.25) is 5.02 Å². The van der Waals surface area contributed by atoms with E-state index in [9.17, 15) is 10.1 Å². The molecule has 1 fully saturated rings. The van der Waals surface area contributed by atoms with E-state index in [0.717, 1.165) is 43.6 Å². The number of ether oxygens (including phenoxy) is 1. The molecule has 1 saturated heterocycles. The zero-order chi connectivity index (χ0) is 22.1. The lowest BCUT2D eigenvalue weighted by Gasteiger charge is -2.35. The maximum absolute atomic E-state index is 12.0. The molecule has 0 spiro atoms. The molecule has 0 saturated carbocycles. The molecule has 0 aromatic heterocycles. The highest BCUT2D eigenvalue weighted by molar-refractivity contribution is 6.30. The molecule has 0 amide bonds. The lowest BCUT2D eigenvalue weighted by Crippen LogP contribution is -2.33. The number of nitrogens with zero attached hydrogens (tertiary/aromatic N) is 2. The maximum Gasteiger partial charge on any atom is 0.348 e. The molecule has 0 bridgehead atoms. The van der Waals surface area contributed by atoms with Crippen LogP contribution in [-0.2, 0) is 16.0 Å². The van der Waals surface area contributed by atoms with Gasteiger partial charge in [-0.05, 0) is 67.5 Å². The van der Waals surface area contributed by atoms with Gasteiger partial charge in [0.05, 0.1) is 6.61 Å². The highest BCUT2D eigenvalue weighted by Gasteiger charge is 2.22. The largest absolute Gasteiger partial charge is 0.462 e. The van der Waals surface area contributed by atoms with E-state index in [4.69, 9.17) is 16.3 Å². The van der Waals surface area contributed by atoms with E-state index in [-0.39, 0.29) is 12.2 Å². The van der Waals surface area contributed by atoms with Crippen molar-refractivity contribution in [2.75, 3.05) is 19.7 Å². The molecule has 1 heterocycles. The number of hydrogen-bond acceptors (Lipinski definition) is 4. The van der Waals surface area contributed by atoms with E-state index in [1.165, 1.54) is 5.56 Å². The Hall–Kier alpha value is -3.03. The number of benzene rings is 2. The highest BCUT2D eigenvalue weighted by atomic mass is 35.5. The summed E-state index contributed by atoms with van der Waals surface area (Å²) in [7, 11) is 0. The first-order valence-electron chi connectivity index (χ1n) is 10.6. The number of allylic oxidation sites excluding steroid dienone is 2. The van der Waals surface area contributed by atoms with E-state index in [0.29, 0.717) is 10.9 Å². The van der Waals surface area contributed by atoms with E-state index < -0.39 is 5.97 Å². The fourth-order valence-corrected chi connectivity index (χ4v) is 3.98. The number of rotatable bonds is 7. The Morgan fingerprint density at radius 3 is 2.42 bits per heavy atom. The van der Waals surface area contributed by atoms with Gasteiger partial charge < -0.3 is 9.64 Å². The predicted octanol–water partition coefficient (Wildman–Crippen LogP) is 5.65. The summed E-state index contributed by atoms with van der Waals surface area (Å²) in [4.78, 5) is 14.3. The maximum atomic E-state index is 12.0. The van der Waals surface area contributed by atoms with Crippen LogP contribution in [0.3, 0.4) is 0 Å². The first kappa shape index (κ1) is 22.7. The molecule has 3 rings (SSSR count). The molecule has 0 atom stereocenters. The minimum atomic E-state index is -0.599. The number of nitriles is 1. The average Bonchev–Trinajstić information content (AvgIpc) is 2.79. The van der Waals surface area contributed by atoms with Crippen LogP contribution < -0.4 is 0 Å². The van der Waals surface area contributed by atoms with Gasteiger partial charge in [0.15, 0.2) is 0 Å². The third kappa shape index (κ3) is 6.47. The van der Waals surface area contributed by atoms with Gasteiger partial charge in [0.25, 0.3) is 0 Å². The molecule has 2 aromatic rings. The summed E-state index contributed by atoms with van der Waals surface area (Å²) in [6.07, 6.45) is 6.67. The van der Waals surface area contributed by atoms with Crippen LogP contribution in [0.4, 0.5) is 0 Å². The highest BCUT2D eigenvalue weighted by Crippen LogP contribution is 2.29. The number of halogens is 1. The van der Waals surface area contributed by atoms with E-state index in [1.807, 2.05) is 36.4 Å². The van der Waals surface area contributed by atoms with Gasteiger partial charge >= 0.3 is 5.97 Å².